The first-order chi connectivity index (χ1) is 8.15. The Kier molecular flexibility index (Phi) is 5.93. The van der Waals surface area contributed by atoms with Crippen molar-refractivity contribution in [1.82, 2.24) is 15.3 Å². The van der Waals surface area contributed by atoms with E-state index in [0.29, 0.717) is 18.3 Å². The van der Waals surface area contributed by atoms with Crippen molar-refractivity contribution in [2.75, 3.05) is 11.5 Å². The van der Waals surface area contributed by atoms with Crippen molar-refractivity contribution < 1.29 is 9.90 Å². The van der Waals surface area contributed by atoms with E-state index in [2.05, 4.69) is 29.1 Å². The van der Waals surface area contributed by atoms with Crippen LogP contribution in [0.3, 0.4) is 0 Å². The van der Waals surface area contributed by atoms with Crippen LogP contribution < -0.4 is 5.32 Å². The minimum atomic E-state index is -0.988. The zero-order valence-electron chi connectivity index (χ0n) is 10.0. The smallest absolute Gasteiger partial charge is 0.339 e. The highest BCUT2D eigenvalue weighted by molar-refractivity contribution is 7.99. The average Bonchev–Trinajstić information content (AvgIpc) is 2.34. The molecule has 0 aromatic carbocycles. The van der Waals surface area contributed by atoms with Gasteiger partial charge < -0.3 is 10.4 Å². The van der Waals surface area contributed by atoms with Crippen LogP contribution in [0.25, 0.3) is 0 Å². The van der Waals surface area contributed by atoms with Gasteiger partial charge in [0, 0.05) is 24.5 Å². The van der Waals surface area contributed by atoms with Gasteiger partial charge in [-0.3, -0.25) is 0 Å². The fraction of sp³-hybridized carbons (Fsp3) is 0.545. The van der Waals surface area contributed by atoms with Crippen LogP contribution in [0.4, 0.5) is 0 Å². The summed E-state index contributed by atoms with van der Waals surface area (Å²) in [7, 11) is 0. The van der Waals surface area contributed by atoms with Crippen molar-refractivity contribution in [3.8, 4) is 0 Å². The summed E-state index contributed by atoms with van der Waals surface area (Å²) in [6.07, 6.45) is 2.70. The molecule has 0 fully saturated rings. The standard InChI is InChI=1S/C11H17N3O2S/c1-3-17-6-8(2)13-5-10-9(11(15)16)4-12-7-14-10/h4,7-8,13H,3,5-6H2,1-2H3,(H,15,16). The predicted molar refractivity (Wildman–Crippen MR) is 68.3 cm³/mol. The zero-order valence-corrected chi connectivity index (χ0v) is 10.8. The molecule has 0 aliphatic carbocycles. The Morgan fingerprint density at radius 3 is 3.06 bits per heavy atom. The van der Waals surface area contributed by atoms with Gasteiger partial charge >= 0.3 is 5.97 Å². The molecule has 1 aromatic rings. The Balaban J connectivity index is 2.54. The Labute approximate surface area is 105 Å². The van der Waals surface area contributed by atoms with Crippen LogP contribution in [0.2, 0.25) is 0 Å². The van der Waals surface area contributed by atoms with Crippen LogP contribution in [0.1, 0.15) is 29.9 Å². The molecule has 0 saturated heterocycles. The first kappa shape index (κ1) is 13.9. The summed E-state index contributed by atoms with van der Waals surface area (Å²) in [5.74, 6) is 1.10. The maximum Gasteiger partial charge on any atom is 0.339 e. The van der Waals surface area contributed by atoms with Gasteiger partial charge in [0.2, 0.25) is 0 Å². The van der Waals surface area contributed by atoms with E-state index in [1.807, 2.05) is 11.8 Å². The van der Waals surface area contributed by atoms with Gasteiger partial charge in [0.25, 0.3) is 0 Å². The highest BCUT2D eigenvalue weighted by atomic mass is 32.2. The van der Waals surface area contributed by atoms with E-state index in [4.69, 9.17) is 5.11 Å². The van der Waals surface area contributed by atoms with Crippen molar-refractivity contribution in [2.24, 2.45) is 0 Å². The Morgan fingerprint density at radius 2 is 2.41 bits per heavy atom. The molecule has 0 saturated carbocycles. The number of nitrogens with zero attached hydrogens (tertiary/aromatic N) is 2. The van der Waals surface area contributed by atoms with E-state index in [0.717, 1.165) is 11.5 Å². The van der Waals surface area contributed by atoms with Crippen LogP contribution in [0.5, 0.6) is 0 Å². The van der Waals surface area contributed by atoms with E-state index in [9.17, 15) is 4.79 Å². The van der Waals surface area contributed by atoms with Gasteiger partial charge in [-0.25, -0.2) is 14.8 Å². The fourth-order valence-electron chi connectivity index (χ4n) is 1.30. The van der Waals surface area contributed by atoms with E-state index in [1.165, 1.54) is 12.5 Å². The molecular weight excluding hydrogens is 238 g/mol. The summed E-state index contributed by atoms with van der Waals surface area (Å²) in [4.78, 5) is 18.6. The third-order valence-corrected chi connectivity index (χ3v) is 3.36. The fourth-order valence-corrected chi connectivity index (χ4v) is 2.01. The zero-order chi connectivity index (χ0) is 12.7. The van der Waals surface area contributed by atoms with Gasteiger partial charge in [0.1, 0.15) is 11.9 Å². The number of thioether (sulfide) groups is 1. The molecule has 1 aromatic heterocycles. The molecule has 17 heavy (non-hydrogen) atoms. The van der Waals surface area contributed by atoms with Crippen molar-refractivity contribution in [1.29, 1.82) is 0 Å². The summed E-state index contributed by atoms with van der Waals surface area (Å²) in [6.45, 7) is 4.64. The number of hydrogen-bond acceptors (Lipinski definition) is 5. The largest absolute Gasteiger partial charge is 0.478 e. The quantitative estimate of drug-likeness (QED) is 0.767. The van der Waals surface area contributed by atoms with Crippen LogP contribution in [0, 0.1) is 0 Å². The number of rotatable bonds is 7. The van der Waals surface area contributed by atoms with E-state index in [1.54, 1.807) is 0 Å². The van der Waals surface area contributed by atoms with E-state index in [-0.39, 0.29) is 5.56 Å². The number of carbonyl (C=O) groups is 1. The van der Waals surface area contributed by atoms with Gasteiger partial charge in [0.05, 0.1) is 5.69 Å². The first-order valence-electron chi connectivity index (χ1n) is 5.48. The molecule has 1 unspecified atom stereocenters. The molecule has 94 valence electrons. The molecule has 0 radical (unpaired) electrons. The average molecular weight is 255 g/mol. The molecule has 1 atom stereocenters. The van der Waals surface area contributed by atoms with Gasteiger partial charge in [-0.2, -0.15) is 11.8 Å². The Bertz CT molecular complexity index is 373. The predicted octanol–water partition coefficient (Wildman–Crippen LogP) is 1.41. The van der Waals surface area contributed by atoms with Crippen LogP contribution >= 0.6 is 11.8 Å². The highest BCUT2D eigenvalue weighted by Crippen LogP contribution is 2.05. The second-order valence-electron chi connectivity index (χ2n) is 3.63. The Morgan fingerprint density at radius 1 is 1.65 bits per heavy atom. The summed E-state index contributed by atoms with van der Waals surface area (Å²) in [6, 6.07) is 0.330. The maximum absolute atomic E-state index is 10.9. The minimum absolute atomic E-state index is 0.162. The van der Waals surface area contributed by atoms with Gasteiger partial charge in [-0.15, -0.1) is 0 Å². The molecule has 0 aliphatic rings. The van der Waals surface area contributed by atoms with Crippen LogP contribution in [-0.4, -0.2) is 38.6 Å². The maximum atomic E-state index is 10.9. The SMILES string of the molecule is CCSCC(C)NCc1ncncc1C(=O)O. The molecule has 0 amide bonds. The normalized spacial score (nSPS) is 12.4. The first-order valence-corrected chi connectivity index (χ1v) is 6.64. The Hall–Kier alpha value is -1.14. The third kappa shape index (κ3) is 4.70. The van der Waals surface area contributed by atoms with Crippen molar-refractivity contribution in [2.45, 2.75) is 26.4 Å². The van der Waals surface area contributed by atoms with Crippen LogP contribution in [-0.2, 0) is 6.54 Å². The molecule has 2 N–H and O–H groups in total. The lowest BCUT2D eigenvalue weighted by molar-refractivity contribution is 0.0694. The lowest BCUT2D eigenvalue weighted by Gasteiger charge is -2.13. The summed E-state index contributed by atoms with van der Waals surface area (Å²) >= 11 is 1.85. The summed E-state index contributed by atoms with van der Waals surface area (Å²) in [5.41, 5.74) is 0.691. The van der Waals surface area contributed by atoms with Crippen molar-refractivity contribution in [3.05, 3.63) is 23.8 Å². The minimum Gasteiger partial charge on any atom is -0.478 e. The molecule has 0 aliphatic heterocycles. The van der Waals surface area contributed by atoms with Gasteiger partial charge in [-0.1, -0.05) is 6.92 Å². The lowest BCUT2D eigenvalue weighted by Crippen LogP contribution is -2.29. The molecule has 0 bridgehead atoms. The molecule has 5 nitrogen and oxygen atoms in total. The monoisotopic (exact) mass is 255 g/mol. The second kappa shape index (κ2) is 7.24. The van der Waals surface area contributed by atoms with E-state index < -0.39 is 5.97 Å². The lowest BCUT2D eigenvalue weighted by atomic mass is 10.2. The molecule has 6 heteroatoms. The van der Waals surface area contributed by atoms with Gasteiger partial charge in [0.15, 0.2) is 0 Å². The van der Waals surface area contributed by atoms with Crippen molar-refractivity contribution in [3.63, 3.8) is 0 Å². The molecular formula is C11H17N3O2S. The second-order valence-corrected chi connectivity index (χ2v) is 4.95. The van der Waals surface area contributed by atoms with Gasteiger partial charge in [-0.05, 0) is 12.7 Å². The highest BCUT2D eigenvalue weighted by Gasteiger charge is 2.11. The number of aromatic carboxylic acids is 1. The van der Waals surface area contributed by atoms with Crippen molar-refractivity contribution >= 4 is 17.7 Å². The summed E-state index contributed by atoms with van der Waals surface area (Å²) < 4.78 is 0. The third-order valence-electron chi connectivity index (χ3n) is 2.22. The number of aromatic nitrogens is 2. The number of hydrogen-bond donors (Lipinski definition) is 2. The molecule has 0 spiro atoms. The molecule has 1 rings (SSSR count). The molecule has 1 heterocycles. The number of nitrogens with one attached hydrogen (secondary N) is 1. The van der Waals surface area contributed by atoms with E-state index >= 15 is 0 Å². The topological polar surface area (TPSA) is 75.1 Å². The number of carboxylic acid groups (broad SMARTS) is 1. The number of carboxylic acids is 1. The summed E-state index contributed by atoms with van der Waals surface area (Å²) in [5, 5.41) is 12.2. The van der Waals surface area contributed by atoms with Crippen LogP contribution in [0.15, 0.2) is 12.5 Å².